The van der Waals surface area contributed by atoms with Gasteiger partial charge in [-0.1, -0.05) is 61.0 Å². The Morgan fingerprint density at radius 1 is 1.10 bits per heavy atom. The number of amides is 4. The summed E-state index contributed by atoms with van der Waals surface area (Å²) in [4.78, 5) is 49.4. The third-order valence-electron chi connectivity index (χ3n) is 4.55. The first-order valence-corrected chi connectivity index (χ1v) is 9.20. The molecule has 1 aliphatic heterocycles. The summed E-state index contributed by atoms with van der Waals surface area (Å²) in [7, 11) is 0. The largest absolute Gasteiger partial charge is 0.452 e. The zero-order valence-electron chi connectivity index (χ0n) is 15.5. The van der Waals surface area contributed by atoms with Gasteiger partial charge in [0.1, 0.15) is 5.54 Å². The number of hydrogen-bond acceptors (Lipinski definition) is 5. The van der Waals surface area contributed by atoms with Crippen LogP contribution in [0.25, 0.3) is 0 Å². The first-order chi connectivity index (χ1) is 13.9. The number of rotatable bonds is 6. The molecule has 1 heterocycles. The van der Waals surface area contributed by atoms with Crippen molar-refractivity contribution in [2.45, 2.75) is 18.9 Å². The number of nitrogens with zero attached hydrogens (tertiary/aromatic N) is 1. The number of hydrogen-bond donors (Lipinski definition) is 2. The number of esters is 1. The van der Waals surface area contributed by atoms with Gasteiger partial charge in [0.2, 0.25) is 0 Å². The van der Waals surface area contributed by atoms with Gasteiger partial charge in [0.25, 0.3) is 11.8 Å². The first kappa shape index (κ1) is 20.3. The smallest absolute Gasteiger partial charge is 0.344 e. The second-order valence-electron chi connectivity index (χ2n) is 6.29. The Kier molecular flexibility index (Phi) is 5.84. The third kappa shape index (κ3) is 3.93. The number of ether oxygens (including phenoxy) is 1. The van der Waals surface area contributed by atoms with Crippen LogP contribution in [0, 0.1) is 0 Å². The van der Waals surface area contributed by atoms with Crippen LogP contribution < -0.4 is 10.7 Å². The Balaban J connectivity index is 1.66. The molecular formula is C20H18ClN3O5. The maximum Gasteiger partial charge on any atom is 0.344 e. The molecule has 9 heteroatoms. The molecule has 0 saturated carbocycles. The molecule has 29 heavy (non-hydrogen) atoms. The molecule has 3 rings (SSSR count). The number of benzene rings is 2. The Bertz CT molecular complexity index is 966. The number of hydrazine groups is 1. The monoisotopic (exact) mass is 415 g/mol. The molecule has 0 aromatic heterocycles. The van der Waals surface area contributed by atoms with Crippen LogP contribution in [0.4, 0.5) is 4.79 Å². The van der Waals surface area contributed by atoms with Crippen LogP contribution in [-0.4, -0.2) is 35.4 Å². The lowest BCUT2D eigenvalue weighted by Crippen LogP contribution is -2.49. The van der Waals surface area contributed by atoms with E-state index >= 15 is 0 Å². The second-order valence-corrected chi connectivity index (χ2v) is 6.69. The number of urea groups is 1. The van der Waals surface area contributed by atoms with E-state index in [1.807, 2.05) is 0 Å². The zero-order chi connectivity index (χ0) is 21.0. The fourth-order valence-corrected chi connectivity index (χ4v) is 3.24. The molecule has 1 aliphatic rings. The maximum atomic E-state index is 12.9. The van der Waals surface area contributed by atoms with Crippen LogP contribution in [0.3, 0.4) is 0 Å². The van der Waals surface area contributed by atoms with E-state index in [1.165, 1.54) is 12.1 Å². The summed E-state index contributed by atoms with van der Waals surface area (Å²) < 4.78 is 4.91. The number of carbonyl (C=O) groups excluding carboxylic acids is 4. The van der Waals surface area contributed by atoms with Crippen LogP contribution in [0.15, 0.2) is 54.6 Å². The molecular weight excluding hydrogens is 398 g/mol. The van der Waals surface area contributed by atoms with Gasteiger partial charge >= 0.3 is 12.0 Å². The van der Waals surface area contributed by atoms with E-state index in [-0.39, 0.29) is 17.0 Å². The van der Waals surface area contributed by atoms with E-state index in [1.54, 1.807) is 49.4 Å². The molecule has 2 aromatic rings. The number of carbonyl (C=O) groups is 4. The van der Waals surface area contributed by atoms with Crippen LogP contribution in [0.5, 0.6) is 0 Å². The fourth-order valence-electron chi connectivity index (χ4n) is 3.03. The van der Waals surface area contributed by atoms with Crippen molar-refractivity contribution in [1.82, 2.24) is 15.8 Å². The predicted molar refractivity (Wildman–Crippen MR) is 104 cm³/mol. The SMILES string of the molecule is CC[C@]1(c2ccccc2)NC(=O)N(NC(=O)COC(=O)c2ccccc2Cl)C1=O. The van der Waals surface area contributed by atoms with E-state index in [2.05, 4.69) is 10.7 Å². The number of imide groups is 1. The van der Waals surface area contributed by atoms with Crippen molar-refractivity contribution in [2.24, 2.45) is 0 Å². The van der Waals surface area contributed by atoms with Gasteiger partial charge in [0, 0.05) is 0 Å². The second kappa shape index (κ2) is 8.32. The summed E-state index contributed by atoms with van der Waals surface area (Å²) >= 11 is 5.91. The van der Waals surface area contributed by atoms with Crippen molar-refractivity contribution in [3.63, 3.8) is 0 Å². The molecule has 0 radical (unpaired) electrons. The standard InChI is InChI=1S/C20H18ClN3O5/c1-2-20(13-8-4-3-5-9-13)18(27)24(19(28)22-20)23-16(25)12-29-17(26)14-10-6-7-11-15(14)21/h3-11H,2,12H2,1H3,(H,22,28)(H,23,25)/t20-/m1/s1. The zero-order valence-corrected chi connectivity index (χ0v) is 16.2. The summed E-state index contributed by atoms with van der Waals surface area (Å²) in [6, 6.07) is 14.2. The molecule has 8 nitrogen and oxygen atoms in total. The summed E-state index contributed by atoms with van der Waals surface area (Å²) in [6.45, 7) is 1.06. The van der Waals surface area contributed by atoms with Gasteiger partial charge in [-0.15, -0.1) is 0 Å². The minimum absolute atomic E-state index is 0.103. The molecule has 0 bridgehead atoms. The quantitative estimate of drug-likeness (QED) is 0.556. The Morgan fingerprint density at radius 3 is 2.41 bits per heavy atom. The molecule has 0 spiro atoms. The van der Waals surface area contributed by atoms with E-state index in [0.717, 1.165) is 0 Å². The van der Waals surface area contributed by atoms with E-state index < -0.39 is 36.0 Å². The fraction of sp³-hybridized carbons (Fsp3) is 0.200. The highest BCUT2D eigenvalue weighted by molar-refractivity contribution is 6.33. The summed E-state index contributed by atoms with van der Waals surface area (Å²) in [6.07, 6.45) is 0.287. The van der Waals surface area contributed by atoms with Gasteiger partial charge in [0.15, 0.2) is 6.61 Å². The summed E-state index contributed by atoms with van der Waals surface area (Å²) in [5.74, 6) is -2.26. The molecule has 0 aliphatic carbocycles. The molecule has 2 N–H and O–H groups in total. The maximum absolute atomic E-state index is 12.9. The van der Waals surface area contributed by atoms with Gasteiger partial charge < -0.3 is 10.1 Å². The van der Waals surface area contributed by atoms with Crippen molar-refractivity contribution in [2.75, 3.05) is 6.61 Å². The Hall–Kier alpha value is -3.39. The van der Waals surface area contributed by atoms with Gasteiger partial charge in [-0.05, 0) is 24.1 Å². The van der Waals surface area contributed by atoms with Gasteiger partial charge in [-0.2, -0.15) is 5.01 Å². The normalized spacial score (nSPS) is 18.3. The molecule has 1 saturated heterocycles. The third-order valence-corrected chi connectivity index (χ3v) is 4.88. The van der Waals surface area contributed by atoms with Gasteiger partial charge in [0.05, 0.1) is 10.6 Å². The lowest BCUT2D eigenvalue weighted by Gasteiger charge is -2.25. The molecule has 150 valence electrons. The average Bonchev–Trinajstić information content (AvgIpc) is 2.98. The van der Waals surface area contributed by atoms with Crippen molar-refractivity contribution in [1.29, 1.82) is 0 Å². The number of halogens is 1. The number of nitrogens with one attached hydrogen (secondary N) is 2. The highest BCUT2D eigenvalue weighted by Crippen LogP contribution is 2.31. The van der Waals surface area contributed by atoms with Gasteiger partial charge in [-0.3, -0.25) is 15.0 Å². The van der Waals surface area contributed by atoms with Crippen molar-refractivity contribution < 1.29 is 23.9 Å². The Labute approximate surface area is 171 Å². The average molecular weight is 416 g/mol. The minimum atomic E-state index is -1.28. The van der Waals surface area contributed by atoms with Crippen molar-refractivity contribution in [3.05, 3.63) is 70.7 Å². The van der Waals surface area contributed by atoms with Crippen LogP contribution in [0.1, 0.15) is 29.3 Å². The van der Waals surface area contributed by atoms with E-state index in [0.29, 0.717) is 10.6 Å². The highest BCUT2D eigenvalue weighted by Gasteiger charge is 2.52. The lowest BCUT2D eigenvalue weighted by molar-refractivity contribution is -0.140. The van der Waals surface area contributed by atoms with Crippen molar-refractivity contribution in [3.8, 4) is 0 Å². The predicted octanol–water partition coefficient (Wildman–Crippen LogP) is 2.39. The van der Waals surface area contributed by atoms with Crippen LogP contribution >= 0.6 is 11.6 Å². The summed E-state index contributed by atoms with van der Waals surface area (Å²) in [5, 5.41) is 3.42. The van der Waals surface area contributed by atoms with E-state index in [9.17, 15) is 19.2 Å². The van der Waals surface area contributed by atoms with Crippen molar-refractivity contribution >= 4 is 35.4 Å². The highest BCUT2D eigenvalue weighted by atomic mass is 35.5. The summed E-state index contributed by atoms with van der Waals surface area (Å²) in [5.41, 5.74) is 1.61. The van der Waals surface area contributed by atoms with Gasteiger partial charge in [-0.25, -0.2) is 9.59 Å². The molecule has 2 aromatic carbocycles. The first-order valence-electron chi connectivity index (χ1n) is 8.82. The molecule has 0 unspecified atom stereocenters. The molecule has 1 fully saturated rings. The van der Waals surface area contributed by atoms with Crippen LogP contribution in [0.2, 0.25) is 5.02 Å². The minimum Gasteiger partial charge on any atom is -0.452 e. The topological polar surface area (TPSA) is 105 Å². The van der Waals surface area contributed by atoms with E-state index in [4.69, 9.17) is 16.3 Å². The van der Waals surface area contributed by atoms with Crippen LogP contribution in [-0.2, 0) is 19.9 Å². The Morgan fingerprint density at radius 2 is 1.76 bits per heavy atom. The molecule has 4 amide bonds. The molecule has 1 atom stereocenters. The lowest BCUT2D eigenvalue weighted by atomic mass is 9.87.